The highest BCUT2D eigenvalue weighted by Gasteiger charge is 2.19. The topological polar surface area (TPSA) is 78.4 Å². The van der Waals surface area contributed by atoms with Gasteiger partial charge in [-0.3, -0.25) is 9.59 Å². The summed E-state index contributed by atoms with van der Waals surface area (Å²) in [5.41, 5.74) is 3.57. The zero-order chi connectivity index (χ0) is 17.9. The third-order valence-electron chi connectivity index (χ3n) is 3.77. The van der Waals surface area contributed by atoms with Crippen molar-refractivity contribution in [1.82, 2.24) is 0 Å². The van der Waals surface area contributed by atoms with E-state index in [1.807, 2.05) is 45.9 Å². The molecule has 0 aromatic heterocycles. The van der Waals surface area contributed by atoms with Crippen LogP contribution in [0, 0.1) is 13.8 Å². The second-order valence-electron chi connectivity index (χ2n) is 6.12. The Bertz CT molecular complexity index is 782. The molecular formula is C19H22N2O3. The van der Waals surface area contributed by atoms with Crippen LogP contribution in [-0.2, 0) is 9.59 Å². The number of hydrogen-bond donors (Lipinski definition) is 3. The second-order valence-corrected chi connectivity index (χ2v) is 6.12. The Kier molecular flexibility index (Phi) is 5.24. The number of aryl methyl sites for hydroxylation is 2. The van der Waals surface area contributed by atoms with E-state index in [1.165, 1.54) is 6.07 Å². The van der Waals surface area contributed by atoms with Crippen LogP contribution >= 0.6 is 0 Å². The van der Waals surface area contributed by atoms with Gasteiger partial charge in [-0.1, -0.05) is 38.1 Å². The molecule has 0 heterocycles. The van der Waals surface area contributed by atoms with Crippen LogP contribution in [0.4, 0.5) is 11.4 Å². The lowest BCUT2D eigenvalue weighted by atomic mass is 9.98. The molecule has 0 spiro atoms. The monoisotopic (exact) mass is 326 g/mol. The smallest absolute Gasteiger partial charge is 0.314 e. The molecule has 0 bridgehead atoms. The Morgan fingerprint density at radius 1 is 1.00 bits per heavy atom. The number of anilines is 2. The Hall–Kier alpha value is -2.82. The predicted octanol–water partition coefficient (Wildman–Crippen LogP) is 3.71. The summed E-state index contributed by atoms with van der Waals surface area (Å²) in [6.07, 6.45) is 0. The highest BCUT2D eigenvalue weighted by molar-refractivity contribution is 6.44. The molecular weight excluding hydrogens is 304 g/mol. The maximum absolute atomic E-state index is 12.2. The van der Waals surface area contributed by atoms with Crippen LogP contribution in [0.1, 0.15) is 36.5 Å². The largest absolute Gasteiger partial charge is 0.506 e. The van der Waals surface area contributed by atoms with E-state index in [-0.39, 0.29) is 17.4 Å². The Labute approximate surface area is 141 Å². The number of para-hydroxylation sites is 1. The number of rotatable bonds is 3. The minimum atomic E-state index is -0.827. The number of nitrogens with one attached hydrogen (secondary N) is 2. The molecule has 2 rings (SSSR count). The fourth-order valence-electron chi connectivity index (χ4n) is 2.44. The normalized spacial score (nSPS) is 10.5. The molecule has 0 saturated carbocycles. The van der Waals surface area contributed by atoms with Crippen LogP contribution in [0.25, 0.3) is 0 Å². The van der Waals surface area contributed by atoms with Crippen molar-refractivity contribution in [3.8, 4) is 5.75 Å². The summed E-state index contributed by atoms with van der Waals surface area (Å²) < 4.78 is 0. The van der Waals surface area contributed by atoms with Gasteiger partial charge in [0.25, 0.3) is 0 Å². The molecule has 0 atom stereocenters. The van der Waals surface area contributed by atoms with Crippen LogP contribution in [-0.4, -0.2) is 16.9 Å². The van der Waals surface area contributed by atoms with E-state index in [2.05, 4.69) is 10.6 Å². The van der Waals surface area contributed by atoms with Gasteiger partial charge in [-0.2, -0.15) is 0 Å². The van der Waals surface area contributed by atoms with E-state index in [0.717, 1.165) is 16.7 Å². The number of carbonyl (C=O) groups is 2. The summed E-state index contributed by atoms with van der Waals surface area (Å²) in [6.45, 7) is 7.75. The lowest BCUT2D eigenvalue weighted by Gasteiger charge is -2.16. The van der Waals surface area contributed by atoms with Crippen LogP contribution in [0.5, 0.6) is 5.75 Å². The first-order valence-corrected chi connectivity index (χ1v) is 7.81. The van der Waals surface area contributed by atoms with Crippen molar-refractivity contribution in [3.63, 3.8) is 0 Å². The average Bonchev–Trinajstić information content (AvgIpc) is 2.51. The molecule has 0 radical (unpaired) electrons. The lowest BCUT2D eigenvalue weighted by molar-refractivity contribution is -0.133. The van der Waals surface area contributed by atoms with E-state index < -0.39 is 11.8 Å². The molecule has 0 unspecified atom stereocenters. The molecule has 126 valence electrons. The number of phenols is 1. The van der Waals surface area contributed by atoms with Gasteiger partial charge in [0, 0.05) is 5.69 Å². The van der Waals surface area contributed by atoms with Crippen molar-refractivity contribution in [2.75, 3.05) is 10.6 Å². The summed E-state index contributed by atoms with van der Waals surface area (Å²) in [7, 11) is 0. The SMILES string of the molecule is Cc1ccc(NC(=O)C(=O)Nc2c(C)cccc2C(C)C)c(O)c1. The van der Waals surface area contributed by atoms with E-state index >= 15 is 0 Å². The maximum atomic E-state index is 12.2. The molecule has 5 heteroatoms. The number of aromatic hydroxyl groups is 1. The van der Waals surface area contributed by atoms with Gasteiger partial charge < -0.3 is 15.7 Å². The molecule has 24 heavy (non-hydrogen) atoms. The highest BCUT2D eigenvalue weighted by Crippen LogP contribution is 2.28. The van der Waals surface area contributed by atoms with Gasteiger partial charge in [-0.15, -0.1) is 0 Å². The van der Waals surface area contributed by atoms with Gasteiger partial charge >= 0.3 is 11.8 Å². The molecule has 2 amide bonds. The molecule has 5 nitrogen and oxygen atoms in total. The third-order valence-corrected chi connectivity index (χ3v) is 3.77. The summed E-state index contributed by atoms with van der Waals surface area (Å²) in [5.74, 6) is -1.46. The van der Waals surface area contributed by atoms with Crippen molar-refractivity contribution in [1.29, 1.82) is 0 Å². The Morgan fingerprint density at radius 2 is 1.67 bits per heavy atom. The van der Waals surface area contributed by atoms with Crippen molar-refractivity contribution in [2.45, 2.75) is 33.6 Å². The van der Waals surface area contributed by atoms with Crippen molar-refractivity contribution in [2.24, 2.45) is 0 Å². The standard InChI is InChI=1S/C19H22N2O3/c1-11(2)14-7-5-6-13(4)17(14)21-19(24)18(23)20-15-9-8-12(3)10-16(15)22/h5-11,22H,1-4H3,(H,20,23)(H,21,24). The van der Waals surface area contributed by atoms with E-state index in [9.17, 15) is 14.7 Å². The van der Waals surface area contributed by atoms with Crippen molar-refractivity contribution < 1.29 is 14.7 Å². The quantitative estimate of drug-likeness (QED) is 0.594. The van der Waals surface area contributed by atoms with Gasteiger partial charge in [0.05, 0.1) is 5.69 Å². The molecule has 0 aliphatic heterocycles. The van der Waals surface area contributed by atoms with Gasteiger partial charge in [-0.25, -0.2) is 0 Å². The molecule has 0 aliphatic carbocycles. The molecule has 3 N–H and O–H groups in total. The molecule has 0 fully saturated rings. The van der Waals surface area contributed by atoms with Crippen LogP contribution in [0.3, 0.4) is 0 Å². The van der Waals surface area contributed by atoms with Crippen LogP contribution in [0.2, 0.25) is 0 Å². The average molecular weight is 326 g/mol. The first-order chi connectivity index (χ1) is 11.3. The third kappa shape index (κ3) is 3.93. The Morgan fingerprint density at radius 3 is 2.29 bits per heavy atom. The number of phenolic OH excluding ortho intramolecular Hbond substituents is 1. The summed E-state index contributed by atoms with van der Waals surface area (Å²) in [5, 5.41) is 14.9. The minimum absolute atomic E-state index is 0.0742. The number of amides is 2. The maximum Gasteiger partial charge on any atom is 0.314 e. The van der Waals surface area contributed by atoms with Crippen molar-refractivity contribution in [3.05, 3.63) is 53.1 Å². The zero-order valence-electron chi connectivity index (χ0n) is 14.3. The van der Waals surface area contributed by atoms with Crippen molar-refractivity contribution >= 4 is 23.2 Å². The fraction of sp³-hybridized carbons (Fsp3) is 0.263. The lowest BCUT2D eigenvalue weighted by Crippen LogP contribution is -2.29. The summed E-state index contributed by atoms with van der Waals surface area (Å²) in [4.78, 5) is 24.3. The number of hydrogen-bond acceptors (Lipinski definition) is 3. The Balaban J connectivity index is 2.17. The predicted molar refractivity (Wildman–Crippen MR) is 95.4 cm³/mol. The molecule has 2 aromatic carbocycles. The highest BCUT2D eigenvalue weighted by atomic mass is 16.3. The zero-order valence-corrected chi connectivity index (χ0v) is 14.3. The molecule has 0 saturated heterocycles. The van der Waals surface area contributed by atoms with E-state index in [4.69, 9.17) is 0 Å². The van der Waals surface area contributed by atoms with Crippen LogP contribution < -0.4 is 10.6 Å². The fourth-order valence-corrected chi connectivity index (χ4v) is 2.44. The second kappa shape index (κ2) is 7.17. The number of benzene rings is 2. The minimum Gasteiger partial charge on any atom is -0.506 e. The first-order valence-electron chi connectivity index (χ1n) is 7.81. The molecule has 2 aromatic rings. The first kappa shape index (κ1) is 17.5. The summed E-state index contributed by atoms with van der Waals surface area (Å²) >= 11 is 0. The van der Waals surface area contributed by atoms with Gasteiger partial charge in [0.15, 0.2) is 0 Å². The van der Waals surface area contributed by atoms with Crippen LogP contribution in [0.15, 0.2) is 36.4 Å². The van der Waals surface area contributed by atoms with Gasteiger partial charge in [0.2, 0.25) is 0 Å². The van der Waals surface area contributed by atoms with Gasteiger partial charge in [0.1, 0.15) is 5.75 Å². The van der Waals surface area contributed by atoms with E-state index in [0.29, 0.717) is 5.69 Å². The molecule has 0 aliphatic rings. The number of carbonyl (C=O) groups excluding carboxylic acids is 2. The van der Waals surface area contributed by atoms with Gasteiger partial charge in [-0.05, 0) is 48.6 Å². The summed E-state index contributed by atoms with van der Waals surface area (Å²) in [6, 6.07) is 10.5. The van der Waals surface area contributed by atoms with E-state index in [1.54, 1.807) is 12.1 Å².